The highest BCUT2D eigenvalue weighted by atomic mass is 32.1. The summed E-state index contributed by atoms with van der Waals surface area (Å²) in [5, 5.41) is 12.2. The molecule has 0 aliphatic carbocycles. The van der Waals surface area contributed by atoms with Crippen LogP contribution in [0, 0.1) is 11.8 Å². The SMILES string of the molecule is COc1cccc(-c2nc(CN3C[C@@H](C)[C@H](C(=O)O)C3)cs2)c1. The number of ether oxygens (including phenoxy) is 1. The third-order valence-electron chi connectivity index (χ3n) is 4.26. The van der Waals surface area contributed by atoms with Crippen LogP contribution in [0.15, 0.2) is 29.6 Å². The van der Waals surface area contributed by atoms with E-state index in [0.29, 0.717) is 13.1 Å². The number of benzene rings is 1. The Balaban J connectivity index is 1.69. The summed E-state index contributed by atoms with van der Waals surface area (Å²) >= 11 is 1.60. The van der Waals surface area contributed by atoms with Gasteiger partial charge in [0, 0.05) is 30.6 Å². The molecule has 1 aliphatic heterocycles. The molecule has 0 radical (unpaired) electrons. The number of hydrogen-bond donors (Lipinski definition) is 1. The Morgan fingerprint density at radius 1 is 1.48 bits per heavy atom. The minimum absolute atomic E-state index is 0.184. The molecular formula is C17H20N2O3S. The van der Waals surface area contributed by atoms with E-state index in [1.165, 1.54) is 0 Å². The van der Waals surface area contributed by atoms with E-state index in [2.05, 4.69) is 9.88 Å². The predicted molar refractivity (Wildman–Crippen MR) is 89.7 cm³/mol. The Hall–Kier alpha value is -1.92. The van der Waals surface area contributed by atoms with E-state index in [1.807, 2.05) is 36.6 Å². The number of aliphatic carboxylic acids is 1. The number of likely N-dealkylation sites (tertiary alicyclic amines) is 1. The van der Waals surface area contributed by atoms with Gasteiger partial charge >= 0.3 is 5.97 Å². The van der Waals surface area contributed by atoms with E-state index in [4.69, 9.17) is 4.74 Å². The van der Waals surface area contributed by atoms with E-state index >= 15 is 0 Å². The molecule has 1 saturated heterocycles. The van der Waals surface area contributed by atoms with Crippen LogP contribution in [0.3, 0.4) is 0 Å². The highest BCUT2D eigenvalue weighted by molar-refractivity contribution is 7.13. The van der Waals surface area contributed by atoms with Crippen LogP contribution in [0.1, 0.15) is 12.6 Å². The first kappa shape index (κ1) is 16.0. The molecule has 0 bridgehead atoms. The van der Waals surface area contributed by atoms with Gasteiger partial charge in [-0.2, -0.15) is 0 Å². The van der Waals surface area contributed by atoms with Crippen molar-refractivity contribution in [2.75, 3.05) is 20.2 Å². The molecule has 2 atom stereocenters. The molecule has 1 aromatic carbocycles. The average Bonchev–Trinajstić information content (AvgIpc) is 3.14. The van der Waals surface area contributed by atoms with Crippen LogP contribution in [0.25, 0.3) is 10.6 Å². The molecule has 3 rings (SSSR count). The Morgan fingerprint density at radius 2 is 2.30 bits per heavy atom. The fraction of sp³-hybridized carbons (Fsp3) is 0.412. The van der Waals surface area contributed by atoms with Crippen molar-refractivity contribution in [2.45, 2.75) is 13.5 Å². The van der Waals surface area contributed by atoms with Crippen molar-refractivity contribution >= 4 is 17.3 Å². The topological polar surface area (TPSA) is 62.7 Å². The monoisotopic (exact) mass is 332 g/mol. The highest BCUT2D eigenvalue weighted by Crippen LogP contribution is 2.29. The van der Waals surface area contributed by atoms with E-state index in [9.17, 15) is 9.90 Å². The second-order valence-corrected chi connectivity index (χ2v) is 6.85. The summed E-state index contributed by atoms with van der Waals surface area (Å²) in [5.41, 5.74) is 2.03. The molecule has 1 N–H and O–H groups in total. The lowest BCUT2D eigenvalue weighted by Crippen LogP contribution is -2.23. The molecule has 1 fully saturated rings. The number of hydrogen-bond acceptors (Lipinski definition) is 5. The number of nitrogens with zero attached hydrogens (tertiary/aromatic N) is 2. The van der Waals surface area contributed by atoms with Crippen LogP contribution >= 0.6 is 11.3 Å². The van der Waals surface area contributed by atoms with Crippen molar-refractivity contribution in [3.63, 3.8) is 0 Å². The molecule has 6 heteroatoms. The number of thiazole rings is 1. The van der Waals surface area contributed by atoms with Crippen LogP contribution in [0.4, 0.5) is 0 Å². The van der Waals surface area contributed by atoms with E-state index in [0.717, 1.165) is 28.6 Å². The van der Waals surface area contributed by atoms with Crippen molar-refractivity contribution in [2.24, 2.45) is 11.8 Å². The Morgan fingerprint density at radius 3 is 3.00 bits per heavy atom. The maximum Gasteiger partial charge on any atom is 0.308 e. The molecule has 23 heavy (non-hydrogen) atoms. The van der Waals surface area contributed by atoms with Gasteiger partial charge in [-0.25, -0.2) is 4.98 Å². The first-order valence-electron chi connectivity index (χ1n) is 7.61. The summed E-state index contributed by atoms with van der Waals surface area (Å²) in [6, 6.07) is 7.86. The molecular weight excluding hydrogens is 312 g/mol. The smallest absolute Gasteiger partial charge is 0.308 e. The maximum atomic E-state index is 11.2. The Kier molecular flexibility index (Phi) is 4.63. The standard InChI is InChI=1S/C17H20N2O3S/c1-11-7-19(9-15(11)17(20)21)8-13-10-23-16(18-13)12-4-3-5-14(6-12)22-2/h3-6,10-11,15H,7-9H2,1-2H3,(H,20,21)/t11-,15-/m1/s1. The van der Waals surface area contributed by atoms with E-state index in [-0.39, 0.29) is 11.8 Å². The lowest BCUT2D eigenvalue weighted by Gasteiger charge is -2.13. The van der Waals surface area contributed by atoms with Gasteiger partial charge in [0.05, 0.1) is 18.7 Å². The largest absolute Gasteiger partial charge is 0.497 e. The molecule has 0 saturated carbocycles. The fourth-order valence-corrected chi connectivity index (χ4v) is 3.82. The number of carboxylic acid groups (broad SMARTS) is 1. The number of rotatable bonds is 5. The number of carboxylic acids is 1. The lowest BCUT2D eigenvalue weighted by molar-refractivity contribution is -0.142. The second-order valence-electron chi connectivity index (χ2n) is 5.99. The molecule has 122 valence electrons. The van der Waals surface area contributed by atoms with Gasteiger partial charge in [-0.1, -0.05) is 19.1 Å². The summed E-state index contributed by atoms with van der Waals surface area (Å²) in [6.07, 6.45) is 0. The van der Waals surface area contributed by atoms with Crippen LogP contribution in [0.2, 0.25) is 0 Å². The van der Waals surface area contributed by atoms with Gasteiger partial charge in [-0.15, -0.1) is 11.3 Å². The summed E-state index contributed by atoms with van der Waals surface area (Å²) < 4.78 is 5.25. The van der Waals surface area contributed by atoms with Gasteiger partial charge in [0.2, 0.25) is 0 Å². The highest BCUT2D eigenvalue weighted by Gasteiger charge is 2.34. The van der Waals surface area contributed by atoms with Gasteiger partial charge in [0.25, 0.3) is 0 Å². The zero-order valence-corrected chi connectivity index (χ0v) is 14.0. The van der Waals surface area contributed by atoms with Crippen molar-refractivity contribution in [1.82, 2.24) is 9.88 Å². The van der Waals surface area contributed by atoms with Gasteiger partial charge in [0.15, 0.2) is 0 Å². The molecule has 0 spiro atoms. The molecule has 5 nitrogen and oxygen atoms in total. The minimum Gasteiger partial charge on any atom is -0.497 e. The van der Waals surface area contributed by atoms with Gasteiger partial charge in [0.1, 0.15) is 10.8 Å². The maximum absolute atomic E-state index is 11.2. The van der Waals surface area contributed by atoms with E-state index in [1.54, 1.807) is 18.4 Å². The van der Waals surface area contributed by atoms with Crippen LogP contribution in [-0.2, 0) is 11.3 Å². The van der Waals surface area contributed by atoms with Crippen LogP contribution < -0.4 is 4.74 Å². The van der Waals surface area contributed by atoms with Crippen LogP contribution in [-0.4, -0.2) is 41.2 Å². The zero-order valence-electron chi connectivity index (χ0n) is 13.2. The first-order valence-corrected chi connectivity index (χ1v) is 8.48. The minimum atomic E-state index is -0.699. The Bertz CT molecular complexity index is 701. The molecule has 0 amide bonds. The van der Waals surface area contributed by atoms with Crippen molar-refractivity contribution in [3.8, 4) is 16.3 Å². The fourth-order valence-electron chi connectivity index (χ4n) is 3.02. The third kappa shape index (κ3) is 3.54. The number of carbonyl (C=O) groups is 1. The Labute approximate surface area is 139 Å². The summed E-state index contributed by atoms with van der Waals surface area (Å²) in [6.45, 7) is 4.11. The van der Waals surface area contributed by atoms with Crippen molar-refractivity contribution < 1.29 is 14.6 Å². The lowest BCUT2D eigenvalue weighted by atomic mass is 9.99. The first-order chi connectivity index (χ1) is 11.1. The van der Waals surface area contributed by atoms with Crippen molar-refractivity contribution in [1.29, 1.82) is 0 Å². The number of methoxy groups -OCH3 is 1. The molecule has 2 aromatic rings. The average molecular weight is 332 g/mol. The van der Waals surface area contributed by atoms with Gasteiger partial charge in [-0.3, -0.25) is 9.69 Å². The quantitative estimate of drug-likeness (QED) is 0.912. The summed E-state index contributed by atoms with van der Waals surface area (Å²) in [7, 11) is 1.65. The number of aromatic nitrogens is 1. The summed E-state index contributed by atoms with van der Waals surface area (Å²) in [5.74, 6) is 0.0303. The third-order valence-corrected chi connectivity index (χ3v) is 5.20. The zero-order chi connectivity index (χ0) is 16.4. The van der Waals surface area contributed by atoms with Gasteiger partial charge in [-0.05, 0) is 18.1 Å². The van der Waals surface area contributed by atoms with Gasteiger partial charge < -0.3 is 9.84 Å². The second kappa shape index (κ2) is 6.68. The summed E-state index contributed by atoms with van der Waals surface area (Å²) in [4.78, 5) is 18.1. The molecule has 1 aliphatic rings. The molecule has 1 aromatic heterocycles. The molecule has 2 heterocycles. The van der Waals surface area contributed by atoms with E-state index < -0.39 is 5.97 Å². The molecule has 0 unspecified atom stereocenters. The normalized spacial score (nSPS) is 21.5. The van der Waals surface area contributed by atoms with Crippen molar-refractivity contribution in [3.05, 3.63) is 35.3 Å². The van der Waals surface area contributed by atoms with Crippen LogP contribution in [0.5, 0.6) is 5.75 Å². The predicted octanol–water partition coefficient (Wildman–Crippen LogP) is 2.97.